The van der Waals surface area contributed by atoms with Gasteiger partial charge in [0.2, 0.25) is 0 Å². The number of piperazine rings is 1. The van der Waals surface area contributed by atoms with E-state index in [2.05, 4.69) is 58.7 Å². The third-order valence-electron chi connectivity index (χ3n) is 5.47. The van der Waals surface area contributed by atoms with Gasteiger partial charge in [0.1, 0.15) is 12.1 Å². The summed E-state index contributed by atoms with van der Waals surface area (Å²) in [5, 5.41) is 0. The number of hydrogen-bond donors (Lipinski definition) is 0. The molecule has 0 bridgehead atoms. The van der Waals surface area contributed by atoms with Gasteiger partial charge in [-0.2, -0.15) is 0 Å². The van der Waals surface area contributed by atoms with E-state index in [1.165, 1.54) is 32.5 Å². The summed E-state index contributed by atoms with van der Waals surface area (Å²) in [6.07, 6.45) is 4.15. The van der Waals surface area contributed by atoms with E-state index in [4.69, 9.17) is 0 Å². The van der Waals surface area contributed by atoms with Crippen LogP contribution >= 0.6 is 0 Å². The molecule has 2 saturated heterocycles. The summed E-state index contributed by atoms with van der Waals surface area (Å²) in [7, 11) is 4.55. The molecule has 0 unspecified atom stereocenters. The van der Waals surface area contributed by atoms with Crippen molar-refractivity contribution in [3.63, 3.8) is 0 Å². The topological polar surface area (TPSA) is 35.5 Å². The molecule has 1 spiro atoms. The Bertz CT molecular complexity index is 508. The summed E-state index contributed by atoms with van der Waals surface area (Å²) >= 11 is 0. The third kappa shape index (κ3) is 2.97. The average Bonchev–Trinajstić information content (AvgIpc) is 2.52. The van der Waals surface area contributed by atoms with Gasteiger partial charge < -0.3 is 9.80 Å². The van der Waals surface area contributed by atoms with Crippen LogP contribution in [0.5, 0.6) is 0 Å². The molecule has 0 N–H and O–H groups in total. The van der Waals surface area contributed by atoms with Crippen LogP contribution in [0.15, 0.2) is 12.4 Å². The SMILES string of the molecule is CC(C)c1cc(N2CCC3(CC2)CN(C)CCN3C)ncn1. The summed E-state index contributed by atoms with van der Waals surface area (Å²) in [6, 6.07) is 2.17. The van der Waals surface area contributed by atoms with Crippen molar-refractivity contribution in [3.05, 3.63) is 18.1 Å². The fourth-order valence-corrected chi connectivity index (χ4v) is 3.80. The van der Waals surface area contributed by atoms with Crippen LogP contribution in [0.25, 0.3) is 0 Å². The molecule has 0 saturated carbocycles. The summed E-state index contributed by atoms with van der Waals surface area (Å²) in [6.45, 7) is 10.1. The fraction of sp³-hybridized carbons (Fsp3) is 0.765. The quantitative estimate of drug-likeness (QED) is 0.833. The first-order valence-corrected chi connectivity index (χ1v) is 8.47. The van der Waals surface area contributed by atoms with Crippen LogP contribution in [0.1, 0.15) is 38.3 Å². The Labute approximate surface area is 134 Å². The number of anilines is 1. The van der Waals surface area contributed by atoms with Gasteiger partial charge in [0.05, 0.1) is 0 Å². The van der Waals surface area contributed by atoms with Crippen molar-refractivity contribution in [3.8, 4) is 0 Å². The third-order valence-corrected chi connectivity index (χ3v) is 5.47. The molecule has 0 atom stereocenters. The van der Waals surface area contributed by atoms with Crippen molar-refractivity contribution >= 4 is 5.82 Å². The molecule has 122 valence electrons. The van der Waals surface area contributed by atoms with Gasteiger partial charge in [0.15, 0.2) is 0 Å². The first-order chi connectivity index (χ1) is 10.5. The molecule has 5 heteroatoms. The molecule has 3 rings (SSSR count). The second-order valence-corrected chi connectivity index (χ2v) is 7.33. The number of nitrogens with zero attached hydrogens (tertiary/aromatic N) is 5. The van der Waals surface area contributed by atoms with Crippen LogP contribution in [0.4, 0.5) is 5.82 Å². The minimum absolute atomic E-state index is 0.359. The average molecular weight is 303 g/mol. The molecule has 2 aliphatic heterocycles. The monoisotopic (exact) mass is 303 g/mol. The summed E-state index contributed by atoms with van der Waals surface area (Å²) in [5.41, 5.74) is 1.50. The van der Waals surface area contributed by atoms with Crippen molar-refractivity contribution < 1.29 is 0 Å². The van der Waals surface area contributed by atoms with Crippen LogP contribution in [0.2, 0.25) is 0 Å². The van der Waals surface area contributed by atoms with Crippen LogP contribution in [-0.4, -0.2) is 72.1 Å². The first kappa shape index (κ1) is 15.7. The molecule has 1 aromatic heterocycles. The molecule has 22 heavy (non-hydrogen) atoms. The molecular weight excluding hydrogens is 274 g/mol. The van der Waals surface area contributed by atoms with Crippen molar-refractivity contribution in [2.75, 3.05) is 51.7 Å². The highest BCUT2D eigenvalue weighted by Gasteiger charge is 2.41. The minimum atomic E-state index is 0.359. The Morgan fingerprint density at radius 3 is 2.45 bits per heavy atom. The van der Waals surface area contributed by atoms with E-state index in [0.717, 1.165) is 24.6 Å². The van der Waals surface area contributed by atoms with Gasteiger partial charge in [-0.1, -0.05) is 13.8 Å². The number of likely N-dealkylation sites (N-methyl/N-ethyl adjacent to an activating group) is 2. The Kier molecular flexibility index (Phi) is 4.37. The minimum Gasteiger partial charge on any atom is -0.356 e. The molecule has 5 nitrogen and oxygen atoms in total. The maximum absolute atomic E-state index is 4.50. The van der Waals surface area contributed by atoms with Crippen molar-refractivity contribution in [1.82, 2.24) is 19.8 Å². The predicted molar refractivity (Wildman–Crippen MR) is 90.4 cm³/mol. The van der Waals surface area contributed by atoms with Crippen LogP contribution in [-0.2, 0) is 0 Å². The van der Waals surface area contributed by atoms with Gasteiger partial charge in [-0.25, -0.2) is 9.97 Å². The molecular formula is C17H29N5. The lowest BCUT2D eigenvalue weighted by Crippen LogP contribution is -2.63. The van der Waals surface area contributed by atoms with Crippen LogP contribution in [0, 0.1) is 0 Å². The standard InChI is InChI=1S/C17H29N5/c1-14(2)15-11-16(19-13-18-15)22-7-5-17(6-8-22)12-20(3)9-10-21(17)4/h11,13-14H,5-10,12H2,1-4H3. The van der Waals surface area contributed by atoms with Crippen molar-refractivity contribution in [1.29, 1.82) is 0 Å². The van der Waals surface area contributed by atoms with E-state index in [9.17, 15) is 0 Å². The maximum Gasteiger partial charge on any atom is 0.132 e. The molecule has 2 fully saturated rings. The normalized spacial score (nSPS) is 23.4. The molecule has 2 aliphatic rings. The van der Waals surface area contributed by atoms with E-state index in [0.29, 0.717) is 11.5 Å². The number of rotatable bonds is 2. The Balaban J connectivity index is 1.70. The summed E-state index contributed by atoms with van der Waals surface area (Å²) in [4.78, 5) is 16.4. The van der Waals surface area contributed by atoms with Gasteiger partial charge >= 0.3 is 0 Å². The molecule has 0 amide bonds. The smallest absolute Gasteiger partial charge is 0.132 e. The lowest BCUT2D eigenvalue weighted by Gasteiger charge is -2.52. The lowest BCUT2D eigenvalue weighted by atomic mass is 9.84. The Morgan fingerprint density at radius 2 is 1.77 bits per heavy atom. The van der Waals surface area contributed by atoms with Gasteiger partial charge in [0, 0.05) is 50.0 Å². The maximum atomic E-state index is 4.50. The molecule has 0 radical (unpaired) electrons. The van der Waals surface area contributed by atoms with Gasteiger partial charge in [0.25, 0.3) is 0 Å². The van der Waals surface area contributed by atoms with Crippen LogP contribution < -0.4 is 4.90 Å². The van der Waals surface area contributed by atoms with E-state index in [1.807, 2.05) is 0 Å². The lowest BCUT2D eigenvalue weighted by molar-refractivity contribution is 0.00937. The fourth-order valence-electron chi connectivity index (χ4n) is 3.80. The molecule has 1 aromatic rings. The highest BCUT2D eigenvalue weighted by Crippen LogP contribution is 2.32. The zero-order valence-corrected chi connectivity index (χ0v) is 14.4. The second-order valence-electron chi connectivity index (χ2n) is 7.33. The summed E-state index contributed by atoms with van der Waals surface area (Å²) < 4.78 is 0. The largest absolute Gasteiger partial charge is 0.356 e. The zero-order chi connectivity index (χ0) is 15.7. The molecule has 0 aliphatic carbocycles. The second kappa shape index (κ2) is 6.13. The Hall–Kier alpha value is -1.20. The van der Waals surface area contributed by atoms with Crippen LogP contribution in [0.3, 0.4) is 0 Å². The van der Waals surface area contributed by atoms with E-state index in [1.54, 1.807) is 6.33 Å². The summed E-state index contributed by atoms with van der Waals surface area (Å²) in [5.74, 6) is 1.55. The van der Waals surface area contributed by atoms with Crippen molar-refractivity contribution in [2.45, 2.75) is 38.1 Å². The predicted octanol–water partition coefficient (Wildman–Crippen LogP) is 1.82. The number of aromatic nitrogens is 2. The van der Waals surface area contributed by atoms with Gasteiger partial charge in [-0.05, 0) is 32.9 Å². The van der Waals surface area contributed by atoms with Crippen molar-refractivity contribution in [2.24, 2.45) is 0 Å². The van der Waals surface area contributed by atoms with Gasteiger partial charge in [-0.15, -0.1) is 0 Å². The zero-order valence-electron chi connectivity index (χ0n) is 14.4. The van der Waals surface area contributed by atoms with E-state index >= 15 is 0 Å². The number of hydrogen-bond acceptors (Lipinski definition) is 5. The first-order valence-electron chi connectivity index (χ1n) is 8.47. The van der Waals surface area contributed by atoms with E-state index < -0.39 is 0 Å². The Morgan fingerprint density at radius 1 is 1.05 bits per heavy atom. The highest BCUT2D eigenvalue weighted by atomic mass is 15.3. The van der Waals surface area contributed by atoms with E-state index in [-0.39, 0.29) is 0 Å². The van der Waals surface area contributed by atoms with Gasteiger partial charge in [-0.3, -0.25) is 4.90 Å². The molecule has 3 heterocycles. The highest BCUT2D eigenvalue weighted by molar-refractivity contribution is 5.40. The molecule has 0 aromatic carbocycles. The number of piperidine rings is 1.